The second-order valence-electron chi connectivity index (χ2n) is 9.21. The standard InChI is InChI=1S/C28H44N4O4S/c1-4-6-7-8-9-10-11-12-13-14-15-16-17-18-19-20-23(33)36-28-26-25(31-32(28)3)27(30-22-29-26)37-21-24(34)35-5-2/h10-11,22H,4-9,12-21H2,1-3H3. The highest BCUT2D eigenvalue weighted by Crippen LogP contribution is 2.29. The molecule has 2 heterocycles. The maximum atomic E-state index is 12.4. The highest BCUT2D eigenvalue weighted by atomic mass is 32.2. The Bertz CT molecular complexity index is 976. The zero-order valence-corrected chi connectivity index (χ0v) is 23.7. The molecule has 0 atom stereocenters. The molecule has 0 unspecified atom stereocenters. The van der Waals surface area contributed by atoms with Crippen molar-refractivity contribution in [3.8, 4) is 5.88 Å². The van der Waals surface area contributed by atoms with Gasteiger partial charge in [-0.1, -0.05) is 82.2 Å². The summed E-state index contributed by atoms with van der Waals surface area (Å²) in [5.74, 6) is -0.175. The molecule has 0 radical (unpaired) electrons. The Kier molecular flexibility index (Phi) is 15.6. The van der Waals surface area contributed by atoms with Gasteiger partial charge in [0.05, 0.1) is 12.4 Å². The monoisotopic (exact) mass is 532 g/mol. The third kappa shape index (κ3) is 12.1. The van der Waals surface area contributed by atoms with Crippen molar-refractivity contribution in [3.05, 3.63) is 18.5 Å². The second-order valence-corrected chi connectivity index (χ2v) is 10.2. The van der Waals surface area contributed by atoms with Gasteiger partial charge in [-0.2, -0.15) is 5.10 Å². The van der Waals surface area contributed by atoms with Crippen molar-refractivity contribution in [2.45, 2.75) is 109 Å². The molecule has 0 aliphatic carbocycles. The van der Waals surface area contributed by atoms with Crippen molar-refractivity contribution in [1.82, 2.24) is 19.7 Å². The molecule has 2 aromatic rings. The van der Waals surface area contributed by atoms with Gasteiger partial charge < -0.3 is 9.47 Å². The molecule has 2 aromatic heterocycles. The number of thioether (sulfide) groups is 1. The van der Waals surface area contributed by atoms with Gasteiger partial charge in [0.25, 0.3) is 0 Å². The van der Waals surface area contributed by atoms with E-state index < -0.39 is 0 Å². The summed E-state index contributed by atoms with van der Waals surface area (Å²) in [6.45, 7) is 4.35. The van der Waals surface area contributed by atoms with Gasteiger partial charge in [0.15, 0.2) is 5.52 Å². The smallest absolute Gasteiger partial charge is 0.316 e. The minimum absolute atomic E-state index is 0.127. The highest BCUT2D eigenvalue weighted by Gasteiger charge is 2.19. The lowest BCUT2D eigenvalue weighted by Crippen LogP contribution is -2.10. The highest BCUT2D eigenvalue weighted by molar-refractivity contribution is 8.00. The van der Waals surface area contributed by atoms with E-state index in [-0.39, 0.29) is 17.7 Å². The Hall–Kier alpha value is -2.42. The number of carbonyl (C=O) groups is 2. The van der Waals surface area contributed by atoms with Crippen LogP contribution in [0, 0.1) is 0 Å². The molecule has 8 nitrogen and oxygen atoms in total. The zero-order valence-electron chi connectivity index (χ0n) is 22.9. The molecule has 9 heteroatoms. The minimum Gasteiger partial charge on any atom is -0.465 e. The lowest BCUT2D eigenvalue weighted by molar-refractivity contribution is -0.140. The fourth-order valence-corrected chi connectivity index (χ4v) is 4.74. The lowest BCUT2D eigenvalue weighted by Gasteiger charge is -2.05. The van der Waals surface area contributed by atoms with E-state index >= 15 is 0 Å². The first-order chi connectivity index (χ1) is 18.1. The average molecular weight is 533 g/mol. The normalized spacial score (nSPS) is 11.4. The van der Waals surface area contributed by atoms with E-state index in [1.54, 1.807) is 14.0 Å². The van der Waals surface area contributed by atoms with E-state index in [9.17, 15) is 9.59 Å². The Balaban J connectivity index is 1.61. The van der Waals surface area contributed by atoms with Crippen LogP contribution in [-0.2, 0) is 21.4 Å². The predicted molar refractivity (Wildman–Crippen MR) is 149 cm³/mol. The van der Waals surface area contributed by atoms with Gasteiger partial charge in [0.2, 0.25) is 5.88 Å². The summed E-state index contributed by atoms with van der Waals surface area (Å²) in [4.78, 5) is 32.6. The number of hydrogen-bond donors (Lipinski definition) is 0. The van der Waals surface area contributed by atoms with Crippen LogP contribution in [0.4, 0.5) is 0 Å². The minimum atomic E-state index is -0.317. The van der Waals surface area contributed by atoms with E-state index in [0.717, 1.165) is 19.3 Å². The number of esters is 2. The fourth-order valence-electron chi connectivity index (χ4n) is 4.01. The quantitative estimate of drug-likeness (QED) is 0.0593. The topological polar surface area (TPSA) is 96.2 Å². The molecule has 0 saturated heterocycles. The Morgan fingerprint density at radius 3 is 2.19 bits per heavy atom. The Morgan fingerprint density at radius 1 is 0.865 bits per heavy atom. The molecule has 0 fully saturated rings. The first-order valence-electron chi connectivity index (χ1n) is 13.9. The molecule has 0 aliphatic heterocycles. The summed E-state index contributed by atoms with van der Waals surface area (Å²) >= 11 is 1.23. The summed E-state index contributed by atoms with van der Waals surface area (Å²) in [6.07, 6.45) is 22.2. The molecular formula is C28H44N4O4S. The Morgan fingerprint density at radius 2 is 1.51 bits per heavy atom. The number of carbonyl (C=O) groups excluding carboxylic acids is 2. The first kappa shape index (κ1) is 30.8. The van der Waals surface area contributed by atoms with Gasteiger partial charge in [-0.05, 0) is 39.0 Å². The van der Waals surface area contributed by atoms with Crippen LogP contribution in [0.15, 0.2) is 23.5 Å². The number of rotatable bonds is 20. The van der Waals surface area contributed by atoms with Crippen molar-refractivity contribution in [3.63, 3.8) is 0 Å². The summed E-state index contributed by atoms with van der Waals surface area (Å²) in [6, 6.07) is 0. The molecular weight excluding hydrogens is 488 g/mol. The maximum Gasteiger partial charge on any atom is 0.316 e. The van der Waals surface area contributed by atoms with Crippen LogP contribution in [0.3, 0.4) is 0 Å². The molecule has 0 N–H and O–H groups in total. The van der Waals surface area contributed by atoms with Crippen LogP contribution in [0.2, 0.25) is 0 Å². The van der Waals surface area contributed by atoms with Crippen LogP contribution >= 0.6 is 11.8 Å². The molecule has 0 amide bonds. The molecule has 0 spiro atoms. The molecule has 37 heavy (non-hydrogen) atoms. The van der Waals surface area contributed by atoms with Crippen molar-refractivity contribution in [2.75, 3.05) is 12.4 Å². The van der Waals surface area contributed by atoms with Gasteiger partial charge in [-0.15, -0.1) is 0 Å². The van der Waals surface area contributed by atoms with E-state index in [0.29, 0.717) is 35.0 Å². The summed E-state index contributed by atoms with van der Waals surface area (Å²) in [5, 5.41) is 4.95. The maximum absolute atomic E-state index is 12.4. The summed E-state index contributed by atoms with van der Waals surface area (Å²) < 4.78 is 12.1. The number of allylic oxidation sites excluding steroid dienone is 2. The zero-order chi connectivity index (χ0) is 26.7. The van der Waals surface area contributed by atoms with Crippen molar-refractivity contribution in [2.24, 2.45) is 7.05 Å². The van der Waals surface area contributed by atoms with E-state index in [1.165, 1.54) is 87.0 Å². The average Bonchev–Trinajstić information content (AvgIpc) is 3.20. The van der Waals surface area contributed by atoms with Crippen LogP contribution in [0.25, 0.3) is 11.0 Å². The molecule has 0 aromatic carbocycles. The van der Waals surface area contributed by atoms with Crippen molar-refractivity contribution < 1.29 is 19.1 Å². The van der Waals surface area contributed by atoms with Gasteiger partial charge in [-0.3, -0.25) is 9.59 Å². The number of aryl methyl sites for hydroxylation is 1. The number of unbranched alkanes of at least 4 members (excludes halogenated alkanes) is 11. The van der Waals surface area contributed by atoms with Crippen LogP contribution in [0.5, 0.6) is 5.88 Å². The van der Waals surface area contributed by atoms with Crippen LogP contribution in [0.1, 0.15) is 104 Å². The second kappa shape index (κ2) is 18.8. The van der Waals surface area contributed by atoms with Gasteiger partial charge in [0.1, 0.15) is 16.9 Å². The molecule has 0 saturated carbocycles. The molecule has 206 valence electrons. The van der Waals surface area contributed by atoms with Crippen LogP contribution < -0.4 is 4.74 Å². The first-order valence-corrected chi connectivity index (χ1v) is 14.9. The number of hydrogen-bond acceptors (Lipinski definition) is 8. The SMILES string of the molecule is CCCCCCC=CCCCCCCCCCC(=O)Oc1c2ncnc(SCC(=O)OCC)c2nn1C. The largest absolute Gasteiger partial charge is 0.465 e. The number of aromatic nitrogens is 4. The van der Waals surface area contributed by atoms with Gasteiger partial charge in [0, 0.05) is 13.5 Å². The van der Waals surface area contributed by atoms with Crippen molar-refractivity contribution >= 4 is 34.7 Å². The van der Waals surface area contributed by atoms with Crippen LogP contribution in [-0.4, -0.2) is 44.0 Å². The third-order valence-corrected chi connectivity index (χ3v) is 6.97. The van der Waals surface area contributed by atoms with E-state index in [4.69, 9.17) is 9.47 Å². The lowest BCUT2D eigenvalue weighted by atomic mass is 10.1. The third-order valence-electron chi connectivity index (χ3n) is 6.02. The molecule has 2 rings (SSSR count). The van der Waals surface area contributed by atoms with E-state index in [2.05, 4.69) is 34.1 Å². The van der Waals surface area contributed by atoms with Gasteiger partial charge >= 0.3 is 11.9 Å². The molecule has 0 bridgehead atoms. The Labute approximate surface area is 226 Å². The van der Waals surface area contributed by atoms with Crippen molar-refractivity contribution in [1.29, 1.82) is 0 Å². The molecule has 0 aliphatic rings. The number of ether oxygens (including phenoxy) is 2. The number of fused-ring (bicyclic) bond motifs is 1. The number of nitrogens with zero attached hydrogens (tertiary/aromatic N) is 4. The van der Waals surface area contributed by atoms with E-state index in [1.807, 2.05) is 0 Å². The summed E-state index contributed by atoms with van der Waals surface area (Å²) in [7, 11) is 1.70. The van der Waals surface area contributed by atoms with Gasteiger partial charge in [-0.25, -0.2) is 14.6 Å². The fraction of sp³-hybridized carbons (Fsp3) is 0.679. The predicted octanol–water partition coefficient (Wildman–Crippen LogP) is 6.96. The summed E-state index contributed by atoms with van der Waals surface area (Å²) in [5.41, 5.74) is 0.966.